The molecule has 0 aromatic carbocycles. The SMILES string of the molecule is CCCn1ncc(OC)c1C(N)c1ccco1. The van der Waals surface area contributed by atoms with Crippen LogP contribution in [-0.2, 0) is 6.54 Å². The molecule has 0 spiro atoms. The highest BCUT2D eigenvalue weighted by Crippen LogP contribution is 2.28. The highest BCUT2D eigenvalue weighted by molar-refractivity contribution is 5.32. The number of nitrogens with zero attached hydrogens (tertiary/aromatic N) is 2. The first-order valence-electron chi connectivity index (χ1n) is 5.66. The smallest absolute Gasteiger partial charge is 0.162 e. The van der Waals surface area contributed by atoms with Crippen LogP contribution in [0.2, 0.25) is 0 Å². The molecular weight excluding hydrogens is 218 g/mol. The normalized spacial score (nSPS) is 12.6. The summed E-state index contributed by atoms with van der Waals surface area (Å²) in [7, 11) is 1.62. The molecule has 0 aliphatic carbocycles. The van der Waals surface area contributed by atoms with Gasteiger partial charge in [-0.15, -0.1) is 0 Å². The van der Waals surface area contributed by atoms with Crippen molar-refractivity contribution in [3.63, 3.8) is 0 Å². The first-order chi connectivity index (χ1) is 8.27. The molecule has 17 heavy (non-hydrogen) atoms. The van der Waals surface area contributed by atoms with Crippen molar-refractivity contribution >= 4 is 0 Å². The molecule has 0 radical (unpaired) electrons. The summed E-state index contributed by atoms with van der Waals surface area (Å²) in [6.45, 7) is 2.91. The molecule has 0 aliphatic heterocycles. The van der Waals surface area contributed by atoms with E-state index >= 15 is 0 Å². The zero-order valence-corrected chi connectivity index (χ0v) is 10.1. The second kappa shape index (κ2) is 5.05. The molecule has 5 heteroatoms. The number of rotatable bonds is 5. The number of hydrogen-bond donors (Lipinski definition) is 1. The van der Waals surface area contributed by atoms with Crippen LogP contribution in [0.5, 0.6) is 5.75 Å². The van der Waals surface area contributed by atoms with Gasteiger partial charge in [-0.2, -0.15) is 5.10 Å². The number of aryl methyl sites for hydroxylation is 1. The Morgan fingerprint density at radius 2 is 2.41 bits per heavy atom. The molecule has 0 bridgehead atoms. The van der Waals surface area contributed by atoms with Crippen molar-refractivity contribution in [2.24, 2.45) is 5.73 Å². The highest BCUT2D eigenvalue weighted by atomic mass is 16.5. The largest absolute Gasteiger partial charge is 0.493 e. The van der Waals surface area contributed by atoms with Gasteiger partial charge in [0.05, 0.1) is 19.6 Å². The standard InChI is InChI=1S/C12H17N3O2/c1-3-6-15-12(10(16-2)8-14-15)11(13)9-5-4-7-17-9/h4-5,7-8,11H,3,6,13H2,1-2H3. The van der Waals surface area contributed by atoms with Gasteiger partial charge in [0.2, 0.25) is 0 Å². The molecule has 0 fully saturated rings. The van der Waals surface area contributed by atoms with Crippen LogP contribution in [0.1, 0.15) is 30.8 Å². The summed E-state index contributed by atoms with van der Waals surface area (Å²) in [4.78, 5) is 0. The Morgan fingerprint density at radius 1 is 1.59 bits per heavy atom. The van der Waals surface area contributed by atoms with Crippen molar-refractivity contribution in [3.8, 4) is 5.75 Å². The topological polar surface area (TPSA) is 66.2 Å². The van der Waals surface area contributed by atoms with Crippen molar-refractivity contribution in [1.82, 2.24) is 9.78 Å². The third-order valence-electron chi connectivity index (χ3n) is 2.64. The van der Waals surface area contributed by atoms with E-state index in [-0.39, 0.29) is 6.04 Å². The van der Waals surface area contributed by atoms with E-state index in [0.29, 0.717) is 11.5 Å². The minimum Gasteiger partial charge on any atom is -0.493 e. The quantitative estimate of drug-likeness (QED) is 0.860. The fourth-order valence-electron chi connectivity index (χ4n) is 1.84. The maximum Gasteiger partial charge on any atom is 0.162 e. The fourth-order valence-corrected chi connectivity index (χ4v) is 1.84. The minimum atomic E-state index is -0.353. The van der Waals surface area contributed by atoms with Gasteiger partial charge in [-0.25, -0.2) is 0 Å². The van der Waals surface area contributed by atoms with E-state index < -0.39 is 0 Å². The Morgan fingerprint density at radius 3 is 3.00 bits per heavy atom. The first-order valence-corrected chi connectivity index (χ1v) is 5.66. The van der Waals surface area contributed by atoms with E-state index in [2.05, 4.69) is 12.0 Å². The predicted molar refractivity (Wildman–Crippen MR) is 63.8 cm³/mol. The van der Waals surface area contributed by atoms with Crippen LogP contribution in [-0.4, -0.2) is 16.9 Å². The molecule has 2 N–H and O–H groups in total. The van der Waals surface area contributed by atoms with Gasteiger partial charge in [-0.1, -0.05) is 6.92 Å². The van der Waals surface area contributed by atoms with Gasteiger partial charge in [0.1, 0.15) is 17.5 Å². The lowest BCUT2D eigenvalue weighted by atomic mass is 10.1. The van der Waals surface area contributed by atoms with E-state index in [1.165, 1.54) is 0 Å². The van der Waals surface area contributed by atoms with Gasteiger partial charge in [-0.05, 0) is 18.6 Å². The molecule has 2 rings (SSSR count). The van der Waals surface area contributed by atoms with E-state index in [4.69, 9.17) is 14.9 Å². The maximum absolute atomic E-state index is 6.18. The molecule has 1 unspecified atom stereocenters. The van der Waals surface area contributed by atoms with Crippen molar-refractivity contribution < 1.29 is 9.15 Å². The molecule has 2 aromatic rings. The third-order valence-corrected chi connectivity index (χ3v) is 2.64. The van der Waals surface area contributed by atoms with E-state index in [9.17, 15) is 0 Å². The van der Waals surface area contributed by atoms with E-state index in [0.717, 1.165) is 18.7 Å². The Balaban J connectivity index is 2.38. The van der Waals surface area contributed by atoms with Gasteiger partial charge in [-0.3, -0.25) is 4.68 Å². The van der Waals surface area contributed by atoms with E-state index in [1.807, 2.05) is 16.8 Å². The minimum absolute atomic E-state index is 0.353. The van der Waals surface area contributed by atoms with Crippen LogP contribution >= 0.6 is 0 Å². The number of methoxy groups -OCH3 is 1. The lowest BCUT2D eigenvalue weighted by molar-refractivity contribution is 0.396. The van der Waals surface area contributed by atoms with Gasteiger partial charge in [0.25, 0.3) is 0 Å². The zero-order valence-electron chi connectivity index (χ0n) is 10.1. The summed E-state index contributed by atoms with van der Waals surface area (Å²) in [6.07, 6.45) is 4.29. The molecule has 0 amide bonds. The third kappa shape index (κ3) is 2.19. The predicted octanol–water partition coefficient (Wildman–Crippen LogP) is 1.94. The van der Waals surface area contributed by atoms with Crippen LogP contribution < -0.4 is 10.5 Å². The molecule has 0 saturated carbocycles. The Hall–Kier alpha value is -1.75. The number of nitrogens with two attached hydrogens (primary N) is 1. The molecule has 1 atom stereocenters. The summed E-state index contributed by atoms with van der Waals surface area (Å²) in [6, 6.07) is 3.32. The van der Waals surface area contributed by atoms with Crippen molar-refractivity contribution in [2.75, 3.05) is 7.11 Å². The summed E-state index contributed by atoms with van der Waals surface area (Å²) >= 11 is 0. The van der Waals surface area contributed by atoms with Crippen molar-refractivity contribution in [3.05, 3.63) is 36.0 Å². The lowest BCUT2D eigenvalue weighted by Crippen LogP contribution is -2.17. The van der Waals surface area contributed by atoms with Gasteiger partial charge >= 0.3 is 0 Å². The summed E-state index contributed by atoms with van der Waals surface area (Å²) < 4.78 is 12.5. The van der Waals surface area contributed by atoms with Crippen LogP contribution in [0.25, 0.3) is 0 Å². The molecule has 0 aliphatic rings. The highest BCUT2D eigenvalue weighted by Gasteiger charge is 2.21. The molecule has 2 aromatic heterocycles. The lowest BCUT2D eigenvalue weighted by Gasteiger charge is -2.13. The molecule has 5 nitrogen and oxygen atoms in total. The van der Waals surface area contributed by atoms with Crippen molar-refractivity contribution in [2.45, 2.75) is 25.9 Å². The van der Waals surface area contributed by atoms with Crippen LogP contribution in [0.4, 0.5) is 0 Å². The number of aromatic nitrogens is 2. The molecule has 92 valence electrons. The van der Waals surface area contributed by atoms with Crippen LogP contribution in [0.15, 0.2) is 29.0 Å². The van der Waals surface area contributed by atoms with Crippen LogP contribution in [0, 0.1) is 0 Å². The summed E-state index contributed by atoms with van der Waals surface area (Å²) in [5.41, 5.74) is 7.03. The second-order valence-corrected chi connectivity index (χ2v) is 3.81. The Kier molecular flexibility index (Phi) is 3.49. The Bertz CT molecular complexity index is 462. The summed E-state index contributed by atoms with van der Waals surface area (Å²) in [5, 5.41) is 4.28. The monoisotopic (exact) mass is 235 g/mol. The maximum atomic E-state index is 6.18. The first kappa shape index (κ1) is 11.7. The van der Waals surface area contributed by atoms with Gasteiger partial charge in [0.15, 0.2) is 5.75 Å². The molecular formula is C12H17N3O2. The number of hydrogen-bond acceptors (Lipinski definition) is 4. The zero-order chi connectivity index (χ0) is 12.3. The molecule has 0 saturated heterocycles. The van der Waals surface area contributed by atoms with E-state index in [1.54, 1.807) is 19.6 Å². The average Bonchev–Trinajstić information content (AvgIpc) is 2.97. The average molecular weight is 235 g/mol. The molecule has 2 heterocycles. The fraction of sp³-hybridized carbons (Fsp3) is 0.417. The van der Waals surface area contributed by atoms with Crippen LogP contribution in [0.3, 0.4) is 0 Å². The summed E-state index contributed by atoms with van der Waals surface area (Å²) in [5.74, 6) is 1.41. The van der Waals surface area contributed by atoms with Crippen molar-refractivity contribution in [1.29, 1.82) is 0 Å². The second-order valence-electron chi connectivity index (χ2n) is 3.81. The Labute approximate surface area is 100 Å². The number of ether oxygens (including phenoxy) is 1. The number of furan rings is 1. The van der Waals surface area contributed by atoms with Gasteiger partial charge < -0.3 is 14.9 Å². The van der Waals surface area contributed by atoms with Gasteiger partial charge in [0, 0.05) is 6.54 Å².